The van der Waals surface area contributed by atoms with E-state index >= 15 is 0 Å². The van der Waals surface area contributed by atoms with Gasteiger partial charge in [0.2, 0.25) is 0 Å². The number of methoxy groups -OCH3 is 2. The van der Waals surface area contributed by atoms with E-state index in [0.29, 0.717) is 28.6 Å². The predicted molar refractivity (Wildman–Crippen MR) is 183 cm³/mol. The molecule has 6 rings (SSSR count). The number of benzene rings is 4. The van der Waals surface area contributed by atoms with Crippen LogP contribution in [0, 0.1) is 6.92 Å². The summed E-state index contributed by atoms with van der Waals surface area (Å²) >= 11 is 0. The minimum atomic E-state index is -4.72. The Morgan fingerprint density at radius 1 is 0.569 bits per heavy atom. The number of hydrogen-bond acceptors (Lipinski definition) is 10. The van der Waals surface area contributed by atoms with Crippen molar-refractivity contribution >= 4 is 19.7 Å². The Kier molecular flexibility index (Phi) is 10.3. The number of alkyl halides is 3. The van der Waals surface area contributed by atoms with Crippen molar-refractivity contribution in [1.29, 1.82) is 0 Å². The number of hydrogen-bond donors (Lipinski definition) is 0. The van der Waals surface area contributed by atoms with Crippen LogP contribution in [0.5, 0.6) is 11.5 Å². The summed E-state index contributed by atoms with van der Waals surface area (Å²) in [5, 5.41) is 8.01. The molecule has 0 radical (unpaired) electrons. The standard InChI is InChI=1S/C17H14F3N3O3S.C17H17N3O3S/c1-26-13-7-5-12(6-8-13)23-15(21-16(22-23)17(18,19)20)11-3-9-14(10-4-11)27(2,24)25;1-12-18-17(13-4-10-16(11-5-13)24(3,21)22)20(19-12)14-6-8-15(23-2)9-7-14/h3-10H,1-2H3;4-11H,1-3H3. The normalized spacial score (nSPS) is 11.8. The lowest BCUT2D eigenvalue weighted by Crippen LogP contribution is -2.08. The van der Waals surface area contributed by atoms with Crippen molar-refractivity contribution in [3.8, 4) is 45.6 Å². The monoisotopic (exact) mass is 740 g/mol. The Bertz CT molecular complexity index is 2360. The molecule has 4 aromatic carbocycles. The Balaban J connectivity index is 0.000000199. The van der Waals surface area contributed by atoms with Crippen LogP contribution in [-0.2, 0) is 25.9 Å². The van der Waals surface area contributed by atoms with Gasteiger partial charge in [0.15, 0.2) is 31.3 Å². The maximum Gasteiger partial charge on any atom is 0.453 e. The zero-order chi connectivity index (χ0) is 37.1. The molecule has 2 aromatic heterocycles. The molecule has 0 N–H and O–H groups in total. The highest BCUT2D eigenvalue weighted by molar-refractivity contribution is 7.91. The number of rotatable bonds is 8. The highest BCUT2D eigenvalue weighted by Gasteiger charge is 2.37. The van der Waals surface area contributed by atoms with Crippen molar-refractivity contribution in [2.75, 3.05) is 26.7 Å². The van der Waals surface area contributed by atoms with Crippen LogP contribution in [0.4, 0.5) is 13.2 Å². The summed E-state index contributed by atoms with van der Waals surface area (Å²) in [5.41, 5.74) is 2.28. The van der Waals surface area contributed by atoms with Crippen molar-refractivity contribution in [2.45, 2.75) is 22.9 Å². The van der Waals surface area contributed by atoms with Crippen LogP contribution in [-0.4, -0.2) is 73.1 Å². The first-order valence-electron chi connectivity index (χ1n) is 14.9. The highest BCUT2D eigenvalue weighted by Crippen LogP contribution is 2.31. The van der Waals surface area contributed by atoms with Gasteiger partial charge in [-0.1, -0.05) is 0 Å². The molecule has 0 bridgehead atoms. The van der Waals surface area contributed by atoms with Crippen LogP contribution in [0.25, 0.3) is 34.2 Å². The number of ether oxygens (including phenoxy) is 2. The van der Waals surface area contributed by atoms with E-state index in [2.05, 4.69) is 20.2 Å². The predicted octanol–water partition coefficient (Wildman–Crippen LogP) is 6.02. The fourth-order valence-corrected chi connectivity index (χ4v) is 5.99. The van der Waals surface area contributed by atoms with Gasteiger partial charge >= 0.3 is 6.18 Å². The molecule has 0 aliphatic rings. The van der Waals surface area contributed by atoms with Gasteiger partial charge in [0.05, 0.1) is 35.4 Å². The van der Waals surface area contributed by atoms with E-state index in [4.69, 9.17) is 9.47 Å². The van der Waals surface area contributed by atoms with Gasteiger partial charge in [-0.2, -0.15) is 18.3 Å². The van der Waals surface area contributed by atoms with Gasteiger partial charge in [0, 0.05) is 23.6 Å². The van der Waals surface area contributed by atoms with E-state index in [1.807, 2.05) is 31.2 Å². The number of nitrogens with zero attached hydrogens (tertiary/aromatic N) is 6. The summed E-state index contributed by atoms with van der Waals surface area (Å²) < 4.78 is 98.7. The van der Waals surface area contributed by atoms with E-state index < -0.39 is 31.7 Å². The van der Waals surface area contributed by atoms with Gasteiger partial charge in [-0.15, -0.1) is 5.10 Å². The second-order valence-electron chi connectivity index (χ2n) is 11.1. The molecule has 12 nitrogen and oxygen atoms in total. The zero-order valence-electron chi connectivity index (χ0n) is 27.8. The molecule has 2 heterocycles. The van der Waals surface area contributed by atoms with E-state index in [-0.39, 0.29) is 15.6 Å². The number of aryl methyl sites for hydroxylation is 1. The summed E-state index contributed by atoms with van der Waals surface area (Å²) in [5.74, 6) is 1.22. The van der Waals surface area contributed by atoms with Crippen molar-refractivity contribution in [3.05, 3.63) is 109 Å². The molecular formula is C34H31F3N6O6S2. The second-order valence-corrected chi connectivity index (χ2v) is 15.1. The largest absolute Gasteiger partial charge is 0.497 e. The smallest absolute Gasteiger partial charge is 0.453 e. The van der Waals surface area contributed by atoms with E-state index in [9.17, 15) is 30.0 Å². The van der Waals surface area contributed by atoms with Gasteiger partial charge in [0.25, 0.3) is 5.82 Å². The molecule has 0 aliphatic carbocycles. The lowest BCUT2D eigenvalue weighted by Gasteiger charge is -2.07. The fourth-order valence-electron chi connectivity index (χ4n) is 4.73. The Labute approximate surface area is 292 Å². The Morgan fingerprint density at radius 3 is 1.29 bits per heavy atom. The molecule has 0 fully saturated rings. The van der Waals surface area contributed by atoms with Crippen LogP contribution in [0.15, 0.2) is 107 Å². The van der Waals surface area contributed by atoms with Crippen LogP contribution in [0.2, 0.25) is 0 Å². The SMILES string of the molecule is COc1ccc(-n2nc(C(F)(F)F)nc2-c2ccc(S(C)(=O)=O)cc2)cc1.COc1ccc(-n2nc(C)nc2-c2ccc(S(C)(=O)=O)cc2)cc1. The average molecular weight is 741 g/mol. The first-order valence-corrected chi connectivity index (χ1v) is 18.6. The maximum absolute atomic E-state index is 13.1. The van der Waals surface area contributed by atoms with Crippen LogP contribution < -0.4 is 9.47 Å². The van der Waals surface area contributed by atoms with Crippen LogP contribution in [0.1, 0.15) is 11.6 Å². The van der Waals surface area contributed by atoms with Crippen molar-refractivity contribution in [2.24, 2.45) is 0 Å². The van der Waals surface area contributed by atoms with Gasteiger partial charge in [0.1, 0.15) is 17.3 Å². The summed E-state index contributed by atoms with van der Waals surface area (Å²) in [6.07, 6.45) is -2.49. The Morgan fingerprint density at radius 2 is 0.941 bits per heavy atom. The molecule has 0 saturated carbocycles. The fraction of sp³-hybridized carbons (Fsp3) is 0.176. The summed E-state index contributed by atoms with van der Waals surface area (Å²) in [6.45, 7) is 1.81. The molecule has 0 amide bonds. The topological polar surface area (TPSA) is 148 Å². The first kappa shape index (κ1) is 36.7. The van der Waals surface area contributed by atoms with Gasteiger partial charge in [-0.3, -0.25) is 0 Å². The third-order valence-corrected chi connectivity index (χ3v) is 9.55. The van der Waals surface area contributed by atoms with E-state index in [1.165, 1.54) is 37.6 Å². The lowest BCUT2D eigenvalue weighted by molar-refractivity contribution is -0.144. The van der Waals surface area contributed by atoms with E-state index in [0.717, 1.165) is 27.9 Å². The van der Waals surface area contributed by atoms with E-state index in [1.54, 1.807) is 60.3 Å². The quantitative estimate of drug-likeness (QED) is 0.181. The molecule has 0 atom stereocenters. The van der Waals surface area contributed by atoms with Gasteiger partial charge in [-0.05, 0) is 104 Å². The van der Waals surface area contributed by atoms with Gasteiger partial charge < -0.3 is 9.47 Å². The average Bonchev–Trinajstić information content (AvgIpc) is 3.73. The molecule has 0 unspecified atom stereocenters. The zero-order valence-corrected chi connectivity index (χ0v) is 29.5. The molecule has 17 heteroatoms. The Hall–Kier alpha value is -5.55. The minimum absolute atomic E-state index is 0.0535. The first-order chi connectivity index (χ1) is 24.0. The lowest BCUT2D eigenvalue weighted by atomic mass is 10.2. The van der Waals surface area contributed by atoms with Crippen LogP contribution >= 0.6 is 0 Å². The molecule has 0 aliphatic heterocycles. The van der Waals surface area contributed by atoms with Gasteiger partial charge in [-0.25, -0.2) is 36.2 Å². The van der Waals surface area contributed by atoms with Crippen molar-refractivity contribution in [3.63, 3.8) is 0 Å². The molecular weight excluding hydrogens is 710 g/mol. The summed E-state index contributed by atoms with van der Waals surface area (Å²) in [6, 6.07) is 25.8. The number of sulfone groups is 2. The third-order valence-electron chi connectivity index (χ3n) is 7.29. The third kappa shape index (κ3) is 8.61. The summed E-state index contributed by atoms with van der Waals surface area (Å²) in [4.78, 5) is 8.40. The van der Waals surface area contributed by atoms with Crippen molar-refractivity contribution < 1.29 is 39.5 Å². The minimum Gasteiger partial charge on any atom is -0.497 e. The van der Waals surface area contributed by atoms with Crippen LogP contribution in [0.3, 0.4) is 0 Å². The number of halogens is 3. The highest BCUT2D eigenvalue weighted by atomic mass is 32.2. The molecule has 51 heavy (non-hydrogen) atoms. The van der Waals surface area contributed by atoms with Crippen molar-refractivity contribution in [1.82, 2.24) is 29.5 Å². The second kappa shape index (κ2) is 14.4. The molecule has 0 saturated heterocycles. The number of aromatic nitrogens is 6. The maximum atomic E-state index is 13.1. The molecule has 0 spiro atoms. The molecule has 6 aromatic rings. The molecule has 266 valence electrons. The summed E-state index contributed by atoms with van der Waals surface area (Å²) in [7, 11) is -3.56.